The van der Waals surface area contributed by atoms with E-state index in [1.165, 1.54) is 0 Å². The maximum atomic E-state index is 11.1. The van der Waals surface area contributed by atoms with E-state index in [2.05, 4.69) is 5.48 Å². The number of hydroxylamine groups is 1. The van der Waals surface area contributed by atoms with Crippen molar-refractivity contribution in [2.75, 3.05) is 20.3 Å². The molecule has 0 aliphatic heterocycles. The molecule has 0 rings (SSSR count). The van der Waals surface area contributed by atoms with Gasteiger partial charge in [-0.05, 0) is 6.42 Å². The number of methoxy groups -OCH3 is 1. The fraction of sp³-hybridized carbons (Fsp3) is 0.875. The van der Waals surface area contributed by atoms with Gasteiger partial charge in [-0.15, -0.1) is 0 Å². The summed E-state index contributed by atoms with van der Waals surface area (Å²) in [5, 5.41) is 0. The topological polar surface area (TPSA) is 73.6 Å². The van der Waals surface area contributed by atoms with Crippen molar-refractivity contribution in [1.29, 1.82) is 0 Å². The maximum Gasteiger partial charge on any atom is 0.260 e. The predicted molar refractivity (Wildman–Crippen MR) is 48.9 cm³/mol. The normalized spacial score (nSPS) is 12.5. The van der Waals surface area contributed by atoms with E-state index in [1.54, 1.807) is 7.11 Å². The van der Waals surface area contributed by atoms with E-state index in [4.69, 9.17) is 15.3 Å². The van der Waals surface area contributed by atoms with Crippen LogP contribution in [0, 0.1) is 0 Å². The molecule has 13 heavy (non-hydrogen) atoms. The molecule has 0 bridgehead atoms. The van der Waals surface area contributed by atoms with E-state index >= 15 is 0 Å². The summed E-state index contributed by atoms with van der Waals surface area (Å²) in [5.74, 6) is -0.280. The molecule has 0 aromatic carbocycles. The van der Waals surface area contributed by atoms with Crippen molar-refractivity contribution >= 4 is 5.91 Å². The van der Waals surface area contributed by atoms with E-state index in [-0.39, 0.29) is 5.91 Å². The molecule has 3 N–H and O–H groups in total. The van der Waals surface area contributed by atoms with Crippen LogP contribution in [0.15, 0.2) is 0 Å². The van der Waals surface area contributed by atoms with Gasteiger partial charge in [-0.25, -0.2) is 5.48 Å². The third-order valence-corrected chi connectivity index (χ3v) is 1.50. The van der Waals surface area contributed by atoms with Gasteiger partial charge in [0.15, 0.2) is 0 Å². The van der Waals surface area contributed by atoms with Gasteiger partial charge in [0.1, 0.15) is 0 Å². The molecule has 0 aromatic heterocycles. The van der Waals surface area contributed by atoms with Crippen molar-refractivity contribution in [3.8, 4) is 0 Å². The summed E-state index contributed by atoms with van der Waals surface area (Å²) in [7, 11) is 1.56. The lowest BCUT2D eigenvalue weighted by molar-refractivity contribution is -0.136. The highest BCUT2D eigenvalue weighted by atomic mass is 16.7. The van der Waals surface area contributed by atoms with E-state index < -0.39 is 6.04 Å². The zero-order valence-electron chi connectivity index (χ0n) is 8.21. The molecule has 0 spiro atoms. The Balaban J connectivity index is 3.38. The van der Waals surface area contributed by atoms with Crippen LogP contribution in [0.25, 0.3) is 0 Å². The quantitative estimate of drug-likeness (QED) is 0.431. The minimum atomic E-state index is -0.479. The van der Waals surface area contributed by atoms with Crippen molar-refractivity contribution in [3.05, 3.63) is 0 Å². The van der Waals surface area contributed by atoms with Crippen molar-refractivity contribution in [1.82, 2.24) is 5.48 Å². The highest BCUT2D eigenvalue weighted by molar-refractivity contribution is 5.80. The molecule has 5 heteroatoms. The van der Waals surface area contributed by atoms with Crippen LogP contribution in [0.4, 0.5) is 0 Å². The summed E-state index contributed by atoms with van der Waals surface area (Å²) < 4.78 is 4.72. The predicted octanol–water partition coefficient (Wildman–Crippen LogP) is -0.192. The molecular weight excluding hydrogens is 172 g/mol. The van der Waals surface area contributed by atoms with Gasteiger partial charge in [0.25, 0.3) is 5.91 Å². The Morgan fingerprint density at radius 1 is 1.54 bits per heavy atom. The van der Waals surface area contributed by atoms with Crippen LogP contribution >= 0.6 is 0 Å². The first kappa shape index (κ1) is 12.3. The molecule has 0 saturated heterocycles. The number of nitrogens with two attached hydrogens (primary N) is 1. The van der Waals surface area contributed by atoms with Gasteiger partial charge >= 0.3 is 0 Å². The molecular formula is C8H18N2O3. The fourth-order valence-electron chi connectivity index (χ4n) is 0.765. The third-order valence-electron chi connectivity index (χ3n) is 1.50. The number of carbonyl (C=O) groups excluding carboxylic acids is 1. The highest BCUT2D eigenvalue weighted by Gasteiger charge is 2.11. The lowest BCUT2D eigenvalue weighted by atomic mass is 10.2. The summed E-state index contributed by atoms with van der Waals surface area (Å²) in [6.45, 7) is 2.75. The van der Waals surface area contributed by atoms with Crippen LogP contribution in [0.2, 0.25) is 0 Å². The maximum absolute atomic E-state index is 11.1. The fourth-order valence-corrected chi connectivity index (χ4v) is 0.765. The summed E-state index contributed by atoms with van der Waals surface area (Å²) in [5.41, 5.74) is 7.78. The highest BCUT2D eigenvalue weighted by Crippen LogP contribution is 1.92. The zero-order chi connectivity index (χ0) is 10.1. The Labute approximate surface area is 78.5 Å². The number of carbonyl (C=O) groups is 1. The van der Waals surface area contributed by atoms with Gasteiger partial charge in [0.05, 0.1) is 19.3 Å². The monoisotopic (exact) mass is 190 g/mol. The molecule has 1 atom stereocenters. The summed E-state index contributed by atoms with van der Waals surface area (Å²) >= 11 is 0. The Morgan fingerprint density at radius 3 is 2.77 bits per heavy atom. The lowest BCUT2D eigenvalue weighted by Gasteiger charge is -2.10. The number of rotatable bonds is 7. The zero-order valence-corrected chi connectivity index (χ0v) is 8.21. The molecule has 5 nitrogen and oxygen atoms in total. The first-order valence-corrected chi connectivity index (χ1v) is 4.38. The molecule has 0 radical (unpaired) electrons. The second-order valence-corrected chi connectivity index (χ2v) is 2.70. The van der Waals surface area contributed by atoms with Crippen molar-refractivity contribution < 1.29 is 14.4 Å². The Bertz CT molecular complexity index is 141. The second kappa shape index (κ2) is 7.97. The molecule has 0 heterocycles. The lowest BCUT2D eigenvalue weighted by Crippen LogP contribution is -2.40. The van der Waals surface area contributed by atoms with Crippen molar-refractivity contribution in [2.45, 2.75) is 25.8 Å². The van der Waals surface area contributed by atoms with Crippen LogP contribution in [-0.4, -0.2) is 32.3 Å². The van der Waals surface area contributed by atoms with Gasteiger partial charge in [0, 0.05) is 7.11 Å². The first-order valence-electron chi connectivity index (χ1n) is 4.38. The van der Waals surface area contributed by atoms with E-state index in [1.807, 2.05) is 6.92 Å². The Morgan fingerprint density at radius 2 is 2.23 bits per heavy atom. The average Bonchev–Trinajstić information content (AvgIpc) is 2.12. The molecule has 0 unspecified atom stereocenters. The molecule has 0 aliphatic rings. The van der Waals surface area contributed by atoms with Crippen LogP contribution < -0.4 is 11.2 Å². The molecule has 0 fully saturated rings. The number of hydrogen-bond donors (Lipinski definition) is 2. The molecule has 78 valence electrons. The van der Waals surface area contributed by atoms with Gasteiger partial charge in [-0.2, -0.15) is 0 Å². The average molecular weight is 190 g/mol. The van der Waals surface area contributed by atoms with Crippen LogP contribution in [0.1, 0.15) is 19.8 Å². The molecule has 0 saturated carbocycles. The van der Waals surface area contributed by atoms with Crippen LogP contribution in [-0.2, 0) is 14.4 Å². The Hall–Kier alpha value is -0.650. The first-order chi connectivity index (χ1) is 6.22. The van der Waals surface area contributed by atoms with E-state index in [0.717, 1.165) is 6.42 Å². The summed E-state index contributed by atoms with van der Waals surface area (Å²) in [6, 6.07) is -0.479. The summed E-state index contributed by atoms with van der Waals surface area (Å²) in [6.07, 6.45) is 1.55. The molecule has 0 aromatic rings. The minimum absolute atomic E-state index is 0.280. The number of amides is 1. The van der Waals surface area contributed by atoms with Crippen molar-refractivity contribution in [3.63, 3.8) is 0 Å². The largest absolute Gasteiger partial charge is 0.382 e. The smallest absolute Gasteiger partial charge is 0.260 e. The number of ether oxygens (including phenoxy) is 1. The second-order valence-electron chi connectivity index (χ2n) is 2.70. The van der Waals surface area contributed by atoms with Gasteiger partial charge in [0.2, 0.25) is 0 Å². The van der Waals surface area contributed by atoms with E-state index in [0.29, 0.717) is 19.6 Å². The number of nitrogens with one attached hydrogen (secondary N) is 1. The number of hydrogen-bond acceptors (Lipinski definition) is 4. The van der Waals surface area contributed by atoms with Gasteiger partial charge < -0.3 is 10.5 Å². The SMILES string of the molecule is CCC[C@@H](N)C(=O)NOCCOC. The minimum Gasteiger partial charge on any atom is -0.382 e. The summed E-state index contributed by atoms with van der Waals surface area (Å²) in [4.78, 5) is 15.9. The van der Waals surface area contributed by atoms with Crippen LogP contribution in [0.3, 0.4) is 0 Å². The van der Waals surface area contributed by atoms with Crippen molar-refractivity contribution in [2.24, 2.45) is 5.73 Å². The van der Waals surface area contributed by atoms with E-state index in [9.17, 15) is 4.79 Å². The molecule has 0 aliphatic carbocycles. The Kier molecular flexibility index (Phi) is 7.57. The molecule has 1 amide bonds. The van der Waals surface area contributed by atoms with Crippen LogP contribution in [0.5, 0.6) is 0 Å². The van der Waals surface area contributed by atoms with Gasteiger partial charge in [-0.1, -0.05) is 13.3 Å². The standard InChI is InChI=1S/C8H18N2O3/c1-3-4-7(9)8(11)10-13-6-5-12-2/h7H,3-6,9H2,1-2H3,(H,10,11)/t7-/m1/s1. The third kappa shape index (κ3) is 6.51. The van der Waals surface area contributed by atoms with Gasteiger partial charge in [-0.3, -0.25) is 9.63 Å².